The van der Waals surface area contributed by atoms with E-state index in [1.54, 1.807) is 53.4 Å². The van der Waals surface area contributed by atoms with E-state index in [-0.39, 0.29) is 17.1 Å². The average Bonchev–Trinajstić information content (AvgIpc) is 2.67. The molecule has 0 saturated carbocycles. The molecule has 0 bridgehead atoms. The molecule has 2 aromatic carbocycles. The molecule has 26 heavy (non-hydrogen) atoms. The van der Waals surface area contributed by atoms with Crippen molar-refractivity contribution in [2.45, 2.75) is 0 Å². The zero-order valence-corrected chi connectivity index (χ0v) is 14.1. The Hall–Kier alpha value is -3.12. The molecule has 6 nitrogen and oxygen atoms in total. The van der Waals surface area contributed by atoms with Crippen molar-refractivity contribution in [1.29, 1.82) is 0 Å². The molecule has 1 aliphatic heterocycles. The number of hydrogen-bond acceptors (Lipinski definition) is 5. The number of phenolic OH excluding ortho intramolecular Hbond substituents is 1. The molecule has 1 aliphatic rings. The van der Waals surface area contributed by atoms with E-state index in [9.17, 15) is 14.7 Å². The van der Waals surface area contributed by atoms with Crippen LogP contribution in [-0.2, 0) is 4.74 Å². The van der Waals surface area contributed by atoms with Crippen LogP contribution >= 0.6 is 0 Å². The van der Waals surface area contributed by atoms with Gasteiger partial charge in [0.1, 0.15) is 11.5 Å². The molecule has 0 aromatic heterocycles. The smallest absolute Gasteiger partial charge is 0.415 e. The third-order valence-corrected chi connectivity index (χ3v) is 3.93. The molecule has 3 rings (SSSR count). The summed E-state index contributed by atoms with van der Waals surface area (Å²) in [5, 5.41) is 9.72. The first-order chi connectivity index (χ1) is 12.6. The molecule has 0 aliphatic carbocycles. The summed E-state index contributed by atoms with van der Waals surface area (Å²) in [6.45, 7) is 2.03. The Kier molecular flexibility index (Phi) is 5.66. The lowest BCUT2D eigenvalue weighted by Gasteiger charge is -2.25. The Morgan fingerprint density at radius 3 is 2.62 bits per heavy atom. The topological polar surface area (TPSA) is 76.1 Å². The summed E-state index contributed by atoms with van der Waals surface area (Å²) in [5.41, 5.74) is 0.944. The van der Waals surface area contributed by atoms with Gasteiger partial charge >= 0.3 is 6.09 Å². The van der Waals surface area contributed by atoms with Crippen LogP contribution in [0.2, 0.25) is 0 Å². The third kappa shape index (κ3) is 4.49. The second kappa shape index (κ2) is 8.31. The van der Waals surface area contributed by atoms with Crippen molar-refractivity contribution in [3.05, 3.63) is 65.7 Å². The maximum Gasteiger partial charge on any atom is 0.415 e. The van der Waals surface area contributed by atoms with Crippen LogP contribution in [0, 0.1) is 0 Å². The highest BCUT2D eigenvalue weighted by Gasteiger charge is 2.18. The van der Waals surface area contributed by atoms with Crippen molar-refractivity contribution in [2.75, 3.05) is 26.3 Å². The molecule has 6 heteroatoms. The van der Waals surface area contributed by atoms with Crippen LogP contribution in [0.1, 0.15) is 15.9 Å². The van der Waals surface area contributed by atoms with Crippen molar-refractivity contribution in [3.63, 3.8) is 0 Å². The van der Waals surface area contributed by atoms with Gasteiger partial charge in [0.15, 0.2) is 5.78 Å². The summed E-state index contributed by atoms with van der Waals surface area (Å²) >= 11 is 0. The molecule has 2 aromatic rings. The first-order valence-corrected chi connectivity index (χ1v) is 8.28. The van der Waals surface area contributed by atoms with Gasteiger partial charge in [0.25, 0.3) is 0 Å². The van der Waals surface area contributed by atoms with E-state index in [0.29, 0.717) is 37.6 Å². The Labute approximate surface area is 151 Å². The van der Waals surface area contributed by atoms with Crippen LogP contribution in [0.4, 0.5) is 4.79 Å². The zero-order valence-electron chi connectivity index (χ0n) is 14.1. The zero-order chi connectivity index (χ0) is 18.4. The van der Waals surface area contributed by atoms with Crippen molar-refractivity contribution < 1.29 is 24.2 Å². The number of aromatic hydroxyl groups is 1. The van der Waals surface area contributed by atoms with Crippen molar-refractivity contribution in [2.24, 2.45) is 0 Å². The van der Waals surface area contributed by atoms with E-state index >= 15 is 0 Å². The summed E-state index contributed by atoms with van der Waals surface area (Å²) in [5.74, 6) is 0.0350. The predicted molar refractivity (Wildman–Crippen MR) is 96.3 cm³/mol. The molecule has 0 unspecified atom stereocenters. The summed E-state index contributed by atoms with van der Waals surface area (Å²) in [7, 11) is 0. The quantitative estimate of drug-likeness (QED) is 0.675. The number of carbonyl (C=O) groups is 2. The summed E-state index contributed by atoms with van der Waals surface area (Å²) < 4.78 is 10.6. The van der Waals surface area contributed by atoms with Gasteiger partial charge in [0.05, 0.1) is 18.8 Å². The molecule has 1 fully saturated rings. The summed E-state index contributed by atoms with van der Waals surface area (Å²) in [6, 6.07) is 13.3. The van der Waals surface area contributed by atoms with Gasteiger partial charge in [-0.3, -0.25) is 4.79 Å². The number of benzene rings is 2. The number of amides is 1. The first-order valence-electron chi connectivity index (χ1n) is 8.28. The molecular formula is C20H19NO5. The van der Waals surface area contributed by atoms with Crippen molar-refractivity contribution >= 4 is 18.0 Å². The van der Waals surface area contributed by atoms with E-state index in [2.05, 4.69) is 0 Å². The van der Waals surface area contributed by atoms with E-state index in [1.807, 2.05) is 0 Å². The lowest BCUT2D eigenvalue weighted by molar-refractivity contribution is 0.0416. The molecule has 134 valence electrons. The molecule has 1 heterocycles. The van der Waals surface area contributed by atoms with Crippen LogP contribution in [0.5, 0.6) is 11.5 Å². The normalized spacial score (nSPS) is 14.4. The van der Waals surface area contributed by atoms with Crippen LogP contribution in [0.15, 0.2) is 54.6 Å². The van der Waals surface area contributed by atoms with Gasteiger partial charge in [-0.15, -0.1) is 0 Å². The van der Waals surface area contributed by atoms with Crippen LogP contribution in [-0.4, -0.2) is 48.2 Å². The maximum atomic E-state index is 12.2. The number of rotatable bonds is 4. The fourth-order valence-corrected chi connectivity index (χ4v) is 2.54. The van der Waals surface area contributed by atoms with Gasteiger partial charge in [-0.05, 0) is 35.9 Å². The summed E-state index contributed by atoms with van der Waals surface area (Å²) in [6.07, 6.45) is 2.57. The van der Waals surface area contributed by atoms with Gasteiger partial charge in [0, 0.05) is 13.1 Å². The van der Waals surface area contributed by atoms with Crippen LogP contribution < -0.4 is 4.74 Å². The number of carbonyl (C=O) groups excluding carboxylic acids is 2. The number of ketones is 1. The lowest BCUT2D eigenvalue weighted by Crippen LogP contribution is -2.42. The second-order valence-corrected chi connectivity index (χ2v) is 5.75. The minimum absolute atomic E-state index is 0.0599. The fraction of sp³-hybridized carbons (Fsp3) is 0.200. The minimum Gasteiger partial charge on any atom is -0.507 e. The molecule has 0 atom stereocenters. The third-order valence-electron chi connectivity index (χ3n) is 3.93. The lowest BCUT2D eigenvalue weighted by atomic mass is 10.1. The van der Waals surface area contributed by atoms with Gasteiger partial charge in [0.2, 0.25) is 0 Å². The molecule has 1 saturated heterocycles. The van der Waals surface area contributed by atoms with Gasteiger partial charge < -0.3 is 19.5 Å². The van der Waals surface area contributed by atoms with Gasteiger partial charge in [-0.1, -0.05) is 30.3 Å². The van der Waals surface area contributed by atoms with Crippen molar-refractivity contribution in [3.8, 4) is 11.5 Å². The Morgan fingerprint density at radius 2 is 1.85 bits per heavy atom. The number of hydrogen-bond donors (Lipinski definition) is 1. The highest BCUT2D eigenvalue weighted by Crippen LogP contribution is 2.19. The Balaban J connectivity index is 1.66. The molecule has 1 N–H and O–H groups in total. The largest absolute Gasteiger partial charge is 0.507 e. The second-order valence-electron chi connectivity index (χ2n) is 5.75. The highest BCUT2D eigenvalue weighted by molar-refractivity contribution is 6.08. The first kappa shape index (κ1) is 17.7. The number of ether oxygens (including phenoxy) is 2. The summed E-state index contributed by atoms with van der Waals surface area (Å²) in [4.78, 5) is 25.9. The standard InChI is InChI=1S/C20H19NO5/c22-18-7-2-1-6-17(18)19(23)9-8-15-4-3-5-16(14-15)26-20(24)21-10-12-25-13-11-21/h1-9,14,22H,10-13H2/b9-8+. The molecule has 0 radical (unpaired) electrons. The van der Waals surface area contributed by atoms with Crippen LogP contribution in [0.25, 0.3) is 6.08 Å². The van der Waals surface area contributed by atoms with E-state index in [1.165, 1.54) is 12.1 Å². The van der Waals surface area contributed by atoms with Gasteiger partial charge in [-0.25, -0.2) is 4.79 Å². The fourth-order valence-electron chi connectivity index (χ4n) is 2.54. The van der Waals surface area contributed by atoms with E-state index in [0.717, 1.165) is 0 Å². The minimum atomic E-state index is -0.417. The molecular weight excluding hydrogens is 334 g/mol. The predicted octanol–water partition coefficient (Wildman–Crippen LogP) is 3.12. The Morgan fingerprint density at radius 1 is 1.08 bits per heavy atom. The maximum absolute atomic E-state index is 12.2. The molecule has 1 amide bonds. The van der Waals surface area contributed by atoms with Crippen LogP contribution in [0.3, 0.4) is 0 Å². The monoisotopic (exact) mass is 353 g/mol. The average molecular weight is 353 g/mol. The number of phenols is 1. The Bertz CT molecular complexity index is 824. The number of allylic oxidation sites excluding steroid dienone is 1. The van der Waals surface area contributed by atoms with Crippen molar-refractivity contribution in [1.82, 2.24) is 4.90 Å². The molecule has 0 spiro atoms. The highest BCUT2D eigenvalue weighted by atomic mass is 16.6. The van der Waals surface area contributed by atoms with E-state index < -0.39 is 6.09 Å². The number of nitrogens with zero attached hydrogens (tertiary/aromatic N) is 1. The number of morpholine rings is 1. The number of para-hydroxylation sites is 1. The van der Waals surface area contributed by atoms with E-state index in [4.69, 9.17) is 9.47 Å². The SMILES string of the molecule is O=C(/C=C/c1cccc(OC(=O)N2CCOCC2)c1)c1ccccc1O. The van der Waals surface area contributed by atoms with Gasteiger partial charge in [-0.2, -0.15) is 0 Å².